The fraction of sp³-hybridized carbons (Fsp3) is 0.368. The van der Waals surface area contributed by atoms with E-state index in [-0.39, 0.29) is 37.8 Å². The van der Waals surface area contributed by atoms with Crippen molar-refractivity contribution in [1.82, 2.24) is 14.9 Å². The highest BCUT2D eigenvalue weighted by Gasteiger charge is 2.21. The maximum absolute atomic E-state index is 12.8. The van der Waals surface area contributed by atoms with E-state index in [0.29, 0.717) is 34.2 Å². The number of phosphoric acid groups is 1. The summed E-state index contributed by atoms with van der Waals surface area (Å²) in [7, 11) is -3.22. The van der Waals surface area contributed by atoms with Gasteiger partial charge in [0.25, 0.3) is 5.12 Å². The molecule has 0 aromatic carbocycles. The lowest BCUT2D eigenvalue weighted by Gasteiger charge is -2.22. The van der Waals surface area contributed by atoms with Crippen molar-refractivity contribution >= 4 is 36.9 Å². The van der Waals surface area contributed by atoms with Crippen molar-refractivity contribution in [1.29, 1.82) is 0 Å². The molecule has 0 aliphatic rings. The predicted molar refractivity (Wildman–Crippen MR) is 119 cm³/mol. The van der Waals surface area contributed by atoms with E-state index in [1.54, 1.807) is 19.9 Å². The molecule has 4 N–H and O–H groups in total. The van der Waals surface area contributed by atoms with E-state index in [1.807, 2.05) is 0 Å². The number of nitrogen functional groups attached to an aromatic ring is 1. The van der Waals surface area contributed by atoms with Crippen molar-refractivity contribution in [3.8, 4) is 0 Å². The number of nitrogens with two attached hydrogens (primary N) is 1. The summed E-state index contributed by atoms with van der Waals surface area (Å²) < 4.78 is 26.0. The lowest BCUT2D eigenvalue weighted by Crippen LogP contribution is -2.22. The van der Waals surface area contributed by atoms with Crippen LogP contribution in [0, 0.1) is 6.92 Å². The highest BCUT2D eigenvalue weighted by molar-refractivity contribution is 8.17. The number of furan rings is 1. The van der Waals surface area contributed by atoms with Gasteiger partial charge in [0.15, 0.2) is 5.76 Å². The number of allylic oxidation sites excluding steroid dienone is 1. The van der Waals surface area contributed by atoms with Gasteiger partial charge in [-0.15, -0.1) is 0 Å². The van der Waals surface area contributed by atoms with Crippen molar-refractivity contribution in [2.24, 2.45) is 0 Å². The van der Waals surface area contributed by atoms with Gasteiger partial charge in [0.05, 0.1) is 13.2 Å². The van der Waals surface area contributed by atoms with E-state index in [1.165, 1.54) is 24.3 Å². The van der Waals surface area contributed by atoms with Gasteiger partial charge in [-0.3, -0.25) is 14.1 Å². The second-order valence-corrected chi connectivity index (χ2v) is 9.04. The number of methoxy groups -OCH3 is 1. The molecule has 1 amide bonds. The predicted octanol–water partition coefficient (Wildman–Crippen LogP) is 2.37. The number of aryl methyl sites for hydroxylation is 1. The SMILES string of the molecule is COCc1ccc(C(=O)SC(CCOP(=O)(O)O)=C(C)N(C=O)Cc2cnc(C)nc2N)o1. The lowest BCUT2D eigenvalue weighted by molar-refractivity contribution is -0.116. The number of carbonyl (C=O) groups is 2. The standard InChI is InChI=1S/C19H25N4O8PS/c1-12(23(11-24)9-14-8-21-13(2)22-18(14)20)17(6-7-30-32(26,27)28)33-19(25)16-5-4-15(31-16)10-29-3/h4-5,8,11H,6-7,9-10H2,1-3H3,(H2,20,21,22)(H2,26,27,28). The molecule has 0 saturated carbocycles. The summed E-state index contributed by atoms with van der Waals surface area (Å²) in [4.78, 5) is 52.3. The number of aromatic nitrogens is 2. The average Bonchev–Trinajstić information content (AvgIpc) is 3.20. The van der Waals surface area contributed by atoms with Gasteiger partial charge in [-0.1, -0.05) is 0 Å². The van der Waals surface area contributed by atoms with Crippen LogP contribution in [0.5, 0.6) is 0 Å². The highest BCUT2D eigenvalue weighted by atomic mass is 32.2. The zero-order chi connectivity index (χ0) is 24.6. The molecular formula is C19H25N4O8PS. The normalized spacial score (nSPS) is 12.4. The Morgan fingerprint density at radius 1 is 1.39 bits per heavy atom. The summed E-state index contributed by atoms with van der Waals surface area (Å²) in [6.45, 7) is 3.10. The minimum Gasteiger partial charge on any atom is -0.455 e. The number of amides is 1. The Hall–Kier alpha value is -2.54. The molecule has 2 heterocycles. The number of anilines is 1. The van der Waals surface area contributed by atoms with Gasteiger partial charge < -0.3 is 29.6 Å². The first-order chi connectivity index (χ1) is 15.5. The maximum Gasteiger partial charge on any atom is 0.469 e. The molecule has 2 aromatic heterocycles. The van der Waals surface area contributed by atoms with Crippen LogP contribution in [-0.2, 0) is 31.8 Å². The van der Waals surface area contributed by atoms with Crippen LogP contribution in [0.2, 0.25) is 0 Å². The van der Waals surface area contributed by atoms with Crippen molar-refractivity contribution in [2.75, 3.05) is 19.5 Å². The number of carbonyl (C=O) groups excluding carboxylic acids is 2. The molecule has 0 saturated heterocycles. The van der Waals surface area contributed by atoms with Gasteiger partial charge in [0, 0.05) is 35.9 Å². The second-order valence-electron chi connectivity index (χ2n) is 6.73. The highest BCUT2D eigenvalue weighted by Crippen LogP contribution is 2.37. The van der Waals surface area contributed by atoms with Crippen LogP contribution in [0.15, 0.2) is 33.3 Å². The van der Waals surface area contributed by atoms with Gasteiger partial charge in [0.1, 0.15) is 24.0 Å². The van der Waals surface area contributed by atoms with Crippen LogP contribution in [0.25, 0.3) is 0 Å². The maximum atomic E-state index is 12.8. The van der Waals surface area contributed by atoms with Crippen molar-refractivity contribution in [3.05, 3.63) is 51.8 Å². The van der Waals surface area contributed by atoms with E-state index in [2.05, 4.69) is 14.5 Å². The fourth-order valence-electron chi connectivity index (χ4n) is 2.65. The first kappa shape index (κ1) is 26.7. The Labute approximate surface area is 194 Å². The molecule has 0 radical (unpaired) electrons. The lowest BCUT2D eigenvalue weighted by atomic mass is 10.2. The Morgan fingerprint density at radius 3 is 2.73 bits per heavy atom. The van der Waals surface area contributed by atoms with E-state index < -0.39 is 12.9 Å². The Bertz CT molecular complexity index is 1070. The number of hydrogen-bond acceptors (Lipinski definition) is 10. The van der Waals surface area contributed by atoms with Crippen molar-refractivity contribution in [3.63, 3.8) is 0 Å². The zero-order valence-electron chi connectivity index (χ0n) is 18.3. The summed E-state index contributed by atoms with van der Waals surface area (Å²) in [6.07, 6.45) is 1.99. The van der Waals surface area contributed by atoms with Crippen LogP contribution in [0.4, 0.5) is 5.82 Å². The fourth-order valence-corrected chi connectivity index (χ4v) is 3.86. The second kappa shape index (κ2) is 12.1. The molecule has 12 nitrogen and oxygen atoms in total. The van der Waals surface area contributed by atoms with Crippen LogP contribution < -0.4 is 5.73 Å². The Balaban J connectivity index is 2.29. The van der Waals surface area contributed by atoms with E-state index in [0.717, 1.165) is 11.8 Å². The molecule has 33 heavy (non-hydrogen) atoms. The van der Waals surface area contributed by atoms with Gasteiger partial charge in [0.2, 0.25) is 6.41 Å². The van der Waals surface area contributed by atoms with Crippen LogP contribution in [0.3, 0.4) is 0 Å². The number of hydrogen-bond donors (Lipinski definition) is 3. The molecule has 0 atom stereocenters. The quantitative estimate of drug-likeness (QED) is 0.287. The Morgan fingerprint density at radius 2 is 2.12 bits per heavy atom. The molecule has 0 bridgehead atoms. The minimum atomic E-state index is -4.71. The number of nitrogens with zero attached hydrogens (tertiary/aromatic N) is 3. The largest absolute Gasteiger partial charge is 0.469 e. The molecule has 14 heteroatoms. The molecule has 2 rings (SSSR count). The third kappa shape index (κ3) is 8.39. The molecule has 0 unspecified atom stereocenters. The zero-order valence-corrected chi connectivity index (χ0v) is 20.0. The van der Waals surface area contributed by atoms with Gasteiger partial charge >= 0.3 is 7.82 Å². The summed E-state index contributed by atoms with van der Waals surface area (Å²) in [6, 6.07) is 3.09. The monoisotopic (exact) mass is 500 g/mol. The van der Waals surface area contributed by atoms with Gasteiger partial charge in [-0.2, -0.15) is 0 Å². The van der Waals surface area contributed by atoms with E-state index >= 15 is 0 Å². The third-order valence-electron chi connectivity index (χ3n) is 4.27. The molecule has 180 valence electrons. The van der Waals surface area contributed by atoms with Crippen molar-refractivity contribution < 1.29 is 37.6 Å². The smallest absolute Gasteiger partial charge is 0.455 e. The molecular weight excluding hydrogens is 475 g/mol. The number of thioether (sulfide) groups is 1. The van der Waals surface area contributed by atoms with Gasteiger partial charge in [-0.25, -0.2) is 14.5 Å². The third-order valence-corrected chi connectivity index (χ3v) is 5.93. The number of rotatable bonds is 12. The minimum absolute atomic E-state index is 0.0256. The van der Waals surface area contributed by atoms with E-state index in [4.69, 9.17) is 24.7 Å². The molecule has 2 aromatic rings. The first-order valence-corrected chi connectivity index (χ1v) is 11.9. The molecule has 0 spiro atoms. The number of phosphoric ester groups is 1. The van der Waals surface area contributed by atoms with E-state index in [9.17, 15) is 14.2 Å². The molecule has 0 aliphatic carbocycles. The van der Waals surface area contributed by atoms with Crippen LogP contribution in [-0.4, -0.2) is 49.9 Å². The summed E-state index contributed by atoms with van der Waals surface area (Å²) in [5, 5.41) is -0.466. The first-order valence-electron chi connectivity index (χ1n) is 9.53. The summed E-state index contributed by atoms with van der Waals surface area (Å²) in [5.41, 5.74) is 6.77. The van der Waals surface area contributed by atoms with Crippen LogP contribution >= 0.6 is 19.6 Å². The average molecular weight is 500 g/mol. The summed E-state index contributed by atoms with van der Waals surface area (Å²) in [5.74, 6) is 1.20. The summed E-state index contributed by atoms with van der Waals surface area (Å²) >= 11 is 0.759. The van der Waals surface area contributed by atoms with Crippen LogP contribution in [0.1, 0.15) is 41.0 Å². The van der Waals surface area contributed by atoms with Gasteiger partial charge in [-0.05, 0) is 37.7 Å². The van der Waals surface area contributed by atoms with Crippen molar-refractivity contribution in [2.45, 2.75) is 33.4 Å². The molecule has 0 fully saturated rings. The Kier molecular flexibility index (Phi) is 9.77. The molecule has 0 aliphatic heterocycles. The number of ether oxygens (including phenoxy) is 1. The topological polar surface area (TPSA) is 178 Å².